The monoisotopic (exact) mass is 419 g/mol. The average molecular weight is 419 g/mol. The van der Waals surface area contributed by atoms with Gasteiger partial charge in [0.15, 0.2) is 11.9 Å². The number of aryl methyl sites for hydroxylation is 1. The van der Waals surface area contributed by atoms with Crippen molar-refractivity contribution in [3.63, 3.8) is 0 Å². The molecule has 3 amide bonds. The topological polar surface area (TPSA) is 119 Å². The number of fused-ring (bicyclic) bond motifs is 1. The minimum absolute atomic E-state index is 0.164. The van der Waals surface area contributed by atoms with Gasteiger partial charge in [0.25, 0.3) is 17.7 Å². The van der Waals surface area contributed by atoms with Crippen molar-refractivity contribution >= 4 is 35.2 Å². The third-order valence-corrected chi connectivity index (χ3v) is 4.69. The van der Waals surface area contributed by atoms with Crippen LogP contribution in [0.3, 0.4) is 0 Å². The number of esters is 1. The van der Waals surface area contributed by atoms with Crippen LogP contribution in [0.1, 0.15) is 43.8 Å². The highest BCUT2D eigenvalue weighted by Gasteiger charge is 2.36. The summed E-state index contributed by atoms with van der Waals surface area (Å²) in [7, 11) is 0. The first-order valence-electron chi connectivity index (χ1n) is 9.38. The summed E-state index contributed by atoms with van der Waals surface area (Å²) in [5.74, 6) is -1.40. The van der Waals surface area contributed by atoms with Gasteiger partial charge in [-0.05, 0) is 50.2 Å². The van der Waals surface area contributed by atoms with Crippen molar-refractivity contribution in [2.45, 2.75) is 20.0 Å². The molecule has 1 aliphatic rings. The molecular formula is C22H17N3O6. The van der Waals surface area contributed by atoms with Gasteiger partial charge in [0.2, 0.25) is 0 Å². The van der Waals surface area contributed by atoms with Gasteiger partial charge >= 0.3 is 5.97 Å². The Kier molecular flexibility index (Phi) is 5.08. The SMILES string of the molecule is Cc1cc(NC(=O)[C@@H](C)OC(=O)c2ccc(N3C(=O)c4ccccc4C3=O)cc2)no1. The Bertz CT molecular complexity index is 1160. The van der Waals surface area contributed by atoms with Crippen LogP contribution < -0.4 is 10.2 Å². The van der Waals surface area contributed by atoms with E-state index < -0.39 is 29.8 Å². The quantitative estimate of drug-likeness (QED) is 0.499. The number of nitrogens with one attached hydrogen (secondary N) is 1. The fourth-order valence-corrected chi connectivity index (χ4v) is 3.11. The molecule has 1 aliphatic heterocycles. The molecule has 9 nitrogen and oxygen atoms in total. The van der Waals surface area contributed by atoms with Gasteiger partial charge in [-0.15, -0.1) is 0 Å². The highest BCUT2D eigenvalue weighted by atomic mass is 16.5. The molecule has 31 heavy (non-hydrogen) atoms. The van der Waals surface area contributed by atoms with Crippen molar-refractivity contribution in [3.8, 4) is 0 Å². The summed E-state index contributed by atoms with van der Waals surface area (Å²) in [5.41, 5.74) is 1.16. The molecule has 0 aliphatic carbocycles. The fraction of sp³-hybridized carbons (Fsp3) is 0.136. The van der Waals surface area contributed by atoms with Crippen LogP contribution in [-0.4, -0.2) is 35.0 Å². The molecule has 156 valence electrons. The summed E-state index contributed by atoms with van der Waals surface area (Å²) >= 11 is 0. The van der Waals surface area contributed by atoms with E-state index in [0.29, 0.717) is 22.6 Å². The van der Waals surface area contributed by atoms with E-state index in [0.717, 1.165) is 4.90 Å². The van der Waals surface area contributed by atoms with Gasteiger partial charge in [0, 0.05) is 6.07 Å². The van der Waals surface area contributed by atoms with E-state index in [4.69, 9.17) is 9.26 Å². The lowest BCUT2D eigenvalue weighted by Crippen LogP contribution is -2.30. The van der Waals surface area contributed by atoms with Crippen molar-refractivity contribution in [1.82, 2.24) is 5.16 Å². The van der Waals surface area contributed by atoms with Gasteiger partial charge in [0.1, 0.15) is 5.76 Å². The summed E-state index contributed by atoms with van der Waals surface area (Å²) in [6.45, 7) is 3.10. The summed E-state index contributed by atoms with van der Waals surface area (Å²) in [4.78, 5) is 50.7. The molecule has 1 N–H and O–H groups in total. The van der Waals surface area contributed by atoms with Gasteiger partial charge in [-0.2, -0.15) is 0 Å². The smallest absolute Gasteiger partial charge is 0.338 e. The number of carbonyl (C=O) groups is 4. The molecule has 0 radical (unpaired) electrons. The maximum absolute atomic E-state index is 12.6. The highest BCUT2D eigenvalue weighted by molar-refractivity contribution is 6.34. The maximum Gasteiger partial charge on any atom is 0.338 e. The zero-order valence-corrected chi connectivity index (χ0v) is 16.6. The number of benzene rings is 2. The van der Waals surface area contributed by atoms with Gasteiger partial charge in [-0.3, -0.25) is 14.4 Å². The van der Waals surface area contributed by atoms with Gasteiger partial charge in [-0.1, -0.05) is 17.3 Å². The van der Waals surface area contributed by atoms with Crippen molar-refractivity contribution < 1.29 is 28.4 Å². The van der Waals surface area contributed by atoms with E-state index >= 15 is 0 Å². The average Bonchev–Trinajstić information content (AvgIpc) is 3.28. The lowest BCUT2D eigenvalue weighted by Gasteiger charge is -2.15. The molecule has 1 aromatic heterocycles. The van der Waals surface area contributed by atoms with Crippen LogP contribution in [-0.2, 0) is 9.53 Å². The molecule has 3 aromatic rings. The van der Waals surface area contributed by atoms with Crippen molar-refractivity contribution in [1.29, 1.82) is 0 Å². The van der Waals surface area contributed by atoms with Crippen LogP contribution in [0.5, 0.6) is 0 Å². The first kappa shape index (κ1) is 20.0. The summed E-state index contributed by atoms with van der Waals surface area (Å²) in [5, 5.41) is 6.12. The predicted molar refractivity (Wildman–Crippen MR) is 109 cm³/mol. The minimum Gasteiger partial charge on any atom is -0.449 e. The summed E-state index contributed by atoms with van der Waals surface area (Å²) in [6, 6.07) is 13.9. The van der Waals surface area contributed by atoms with Gasteiger partial charge < -0.3 is 14.6 Å². The number of hydrogen-bond donors (Lipinski definition) is 1. The molecule has 2 aromatic carbocycles. The Hall–Kier alpha value is -4.27. The van der Waals surface area contributed by atoms with E-state index in [1.807, 2.05) is 0 Å². The van der Waals surface area contributed by atoms with E-state index in [2.05, 4.69) is 10.5 Å². The molecule has 0 unspecified atom stereocenters. The molecule has 0 spiro atoms. The number of nitrogens with zero attached hydrogens (tertiary/aromatic N) is 2. The molecular weight excluding hydrogens is 402 g/mol. The van der Waals surface area contributed by atoms with Crippen LogP contribution in [0.25, 0.3) is 0 Å². The number of carbonyl (C=O) groups excluding carboxylic acids is 4. The van der Waals surface area contributed by atoms with E-state index in [-0.39, 0.29) is 11.4 Å². The number of anilines is 2. The summed E-state index contributed by atoms with van der Waals surface area (Å²) < 4.78 is 10.0. The number of imide groups is 1. The first-order chi connectivity index (χ1) is 14.8. The number of hydrogen-bond acceptors (Lipinski definition) is 7. The molecule has 2 heterocycles. The Balaban J connectivity index is 1.42. The fourth-order valence-electron chi connectivity index (χ4n) is 3.11. The Labute approximate surface area is 176 Å². The number of ether oxygens (including phenoxy) is 1. The van der Waals surface area contributed by atoms with Crippen LogP contribution in [0.15, 0.2) is 59.1 Å². The molecule has 0 fully saturated rings. The maximum atomic E-state index is 12.6. The summed E-state index contributed by atoms with van der Waals surface area (Å²) in [6.07, 6.45) is -1.08. The third kappa shape index (κ3) is 3.80. The zero-order chi connectivity index (χ0) is 22.1. The van der Waals surface area contributed by atoms with E-state index in [1.54, 1.807) is 31.2 Å². The van der Waals surface area contributed by atoms with Crippen molar-refractivity contribution in [2.24, 2.45) is 0 Å². The molecule has 1 atom stereocenters. The minimum atomic E-state index is -1.08. The molecule has 9 heteroatoms. The van der Waals surface area contributed by atoms with E-state index in [9.17, 15) is 19.2 Å². The third-order valence-electron chi connectivity index (χ3n) is 4.69. The molecule has 0 bridgehead atoms. The van der Waals surface area contributed by atoms with Crippen LogP contribution in [0, 0.1) is 6.92 Å². The molecule has 4 rings (SSSR count). The second-order valence-electron chi connectivity index (χ2n) is 6.90. The molecule has 0 saturated heterocycles. The lowest BCUT2D eigenvalue weighted by molar-refractivity contribution is -0.123. The Morgan fingerprint density at radius 2 is 1.65 bits per heavy atom. The number of amides is 3. The number of rotatable bonds is 5. The highest BCUT2D eigenvalue weighted by Crippen LogP contribution is 2.28. The first-order valence-corrected chi connectivity index (χ1v) is 9.38. The second-order valence-corrected chi connectivity index (χ2v) is 6.90. The largest absolute Gasteiger partial charge is 0.449 e. The normalized spacial score (nSPS) is 13.7. The zero-order valence-electron chi connectivity index (χ0n) is 16.6. The van der Waals surface area contributed by atoms with Crippen molar-refractivity contribution in [3.05, 3.63) is 77.0 Å². The Morgan fingerprint density at radius 1 is 1.03 bits per heavy atom. The standard InChI is InChI=1S/C22H17N3O6/c1-12-11-18(24-31-12)23-19(26)13(2)30-22(29)14-7-9-15(10-8-14)25-20(27)16-5-3-4-6-17(16)21(25)28/h3-11,13H,1-2H3,(H,23,24,26)/t13-/m1/s1. The van der Waals surface area contributed by atoms with Crippen molar-refractivity contribution in [2.75, 3.05) is 10.2 Å². The van der Waals surface area contributed by atoms with Crippen LogP contribution in [0.4, 0.5) is 11.5 Å². The number of aromatic nitrogens is 1. The Morgan fingerprint density at radius 3 is 2.19 bits per heavy atom. The molecule has 0 saturated carbocycles. The van der Waals surface area contributed by atoms with Gasteiger partial charge in [-0.25, -0.2) is 9.69 Å². The van der Waals surface area contributed by atoms with E-state index in [1.165, 1.54) is 37.3 Å². The second kappa shape index (κ2) is 7.86. The van der Waals surface area contributed by atoms with Gasteiger partial charge in [0.05, 0.1) is 22.4 Å². The van der Waals surface area contributed by atoms with Crippen LogP contribution >= 0.6 is 0 Å². The predicted octanol–water partition coefficient (Wildman–Crippen LogP) is 2.97. The lowest BCUT2D eigenvalue weighted by atomic mass is 10.1. The van der Waals surface area contributed by atoms with Crippen LogP contribution in [0.2, 0.25) is 0 Å².